The van der Waals surface area contributed by atoms with Gasteiger partial charge in [-0.2, -0.15) is 0 Å². The molecule has 0 aliphatic rings. The molecule has 1 aromatic heterocycles. The molecule has 4 heteroatoms. The molecule has 0 aliphatic carbocycles. The van der Waals surface area contributed by atoms with Crippen molar-refractivity contribution in [3.05, 3.63) is 52.2 Å². The van der Waals surface area contributed by atoms with E-state index in [1.165, 1.54) is 0 Å². The number of benzene rings is 1. The Morgan fingerprint density at radius 2 is 1.83 bits per heavy atom. The Labute approximate surface area is 117 Å². The fourth-order valence-electron chi connectivity index (χ4n) is 1.67. The van der Waals surface area contributed by atoms with Crippen molar-refractivity contribution >= 4 is 23.2 Å². The molecule has 0 aliphatic heterocycles. The molecular weight excluding hydrogens is 269 g/mol. The van der Waals surface area contributed by atoms with Crippen LogP contribution in [0.25, 0.3) is 0 Å². The predicted octanol–water partition coefficient (Wildman–Crippen LogP) is 4.88. The minimum atomic E-state index is 0.371. The van der Waals surface area contributed by atoms with Crippen LogP contribution >= 0.6 is 23.2 Å². The van der Waals surface area contributed by atoms with Gasteiger partial charge in [0.25, 0.3) is 0 Å². The first-order chi connectivity index (χ1) is 8.60. The Bertz CT molecular complexity index is 546. The smallest absolute Gasteiger partial charge is 0.219 e. The summed E-state index contributed by atoms with van der Waals surface area (Å²) in [6, 6.07) is 9.32. The van der Waals surface area contributed by atoms with Crippen LogP contribution in [0.2, 0.25) is 5.02 Å². The third kappa shape index (κ3) is 2.95. The fraction of sp³-hybridized carbons (Fsp3) is 0.214. The van der Waals surface area contributed by atoms with Gasteiger partial charge in [0.1, 0.15) is 5.75 Å². The quantitative estimate of drug-likeness (QED) is 0.748. The maximum absolute atomic E-state index is 6.11. The van der Waals surface area contributed by atoms with Gasteiger partial charge in [0.2, 0.25) is 5.88 Å². The second kappa shape index (κ2) is 5.59. The normalized spacial score (nSPS) is 10.4. The molecule has 2 aromatic rings. The van der Waals surface area contributed by atoms with Gasteiger partial charge in [0, 0.05) is 11.1 Å². The standard InChI is InChI=1S/C14H13Cl2NO/c1-9-6-12(7-10(2)14(9)16)18-13-5-3-4-11(8-15)17-13/h3-7H,8H2,1-2H3. The summed E-state index contributed by atoms with van der Waals surface area (Å²) in [4.78, 5) is 4.28. The highest BCUT2D eigenvalue weighted by atomic mass is 35.5. The summed E-state index contributed by atoms with van der Waals surface area (Å²) < 4.78 is 5.71. The summed E-state index contributed by atoms with van der Waals surface area (Å²) in [6.45, 7) is 3.90. The van der Waals surface area contributed by atoms with Gasteiger partial charge < -0.3 is 4.74 Å². The number of aryl methyl sites for hydroxylation is 2. The number of alkyl halides is 1. The van der Waals surface area contributed by atoms with E-state index in [4.69, 9.17) is 27.9 Å². The summed E-state index contributed by atoms with van der Waals surface area (Å²) >= 11 is 11.8. The molecular formula is C14H13Cl2NO. The zero-order valence-electron chi connectivity index (χ0n) is 10.2. The average molecular weight is 282 g/mol. The fourth-order valence-corrected chi connectivity index (χ4v) is 1.93. The number of pyridine rings is 1. The monoisotopic (exact) mass is 281 g/mol. The highest BCUT2D eigenvalue weighted by Gasteiger charge is 2.05. The number of hydrogen-bond donors (Lipinski definition) is 0. The van der Waals surface area contributed by atoms with Crippen LogP contribution in [0.4, 0.5) is 0 Å². The van der Waals surface area contributed by atoms with Crippen molar-refractivity contribution in [2.45, 2.75) is 19.7 Å². The van der Waals surface area contributed by atoms with E-state index in [9.17, 15) is 0 Å². The molecule has 18 heavy (non-hydrogen) atoms. The minimum Gasteiger partial charge on any atom is -0.439 e. The van der Waals surface area contributed by atoms with Crippen LogP contribution in [-0.2, 0) is 5.88 Å². The highest BCUT2D eigenvalue weighted by molar-refractivity contribution is 6.32. The molecule has 0 spiro atoms. The van der Waals surface area contributed by atoms with Gasteiger partial charge in [-0.15, -0.1) is 11.6 Å². The summed E-state index contributed by atoms with van der Waals surface area (Å²) in [6.07, 6.45) is 0. The minimum absolute atomic E-state index is 0.371. The molecule has 0 radical (unpaired) electrons. The first kappa shape index (κ1) is 13.2. The maximum atomic E-state index is 6.11. The van der Waals surface area contributed by atoms with Gasteiger partial charge in [-0.25, -0.2) is 4.98 Å². The van der Waals surface area contributed by atoms with E-state index >= 15 is 0 Å². The summed E-state index contributed by atoms with van der Waals surface area (Å²) in [5, 5.41) is 0.768. The molecule has 94 valence electrons. The number of nitrogens with zero attached hydrogens (tertiary/aromatic N) is 1. The van der Waals surface area contributed by atoms with Gasteiger partial charge in [-0.05, 0) is 43.2 Å². The average Bonchev–Trinajstić information content (AvgIpc) is 2.36. The van der Waals surface area contributed by atoms with Crippen LogP contribution in [0.15, 0.2) is 30.3 Å². The largest absolute Gasteiger partial charge is 0.439 e. The number of hydrogen-bond acceptors (Lipinski definition) is 2. The first-order valence-corrected chi connectivity index (χ1v) is 6.48. The Kier molecular flexibility index (Phi) is 4.10. The Morgan fingerprint density at radius 1 is 1.17 bits per heavy atom. The molecule has 2 rings (SSSR count). The van der Waals surface area contributed by atoms with Crippen molar-refractivity contribution in [3.63, 3.8) is 0 Å². The molecule has 2 nitrogen and oxygen atoms in total. The number of halogens is 2. The van der Waals surface area contributed by atoms with Crippen LogP contribution in [0, 0.1) is 13.8 Å². The molecule has 0 fully saturated rings. The highest BCUT2D eigenvalue weighted by Crippen LogP contribution is 2.28. The van der Waals surface area contributed by atoms with Crippen molar-refractivity contribution in [2.24, 2.45) is 0 Å². The van der Waals surface area contributed by atoms with E-state index in [0.717, 1.165) is 27.6 Å². The van der Waals surface area contributed by atoms with Gasteiger partial charge in [0.15, 0.2) is 0 Å². The lowest BCUT2D eigenvalue weighted by atomic mass is 10.1. The lowest BCUT2D eigenvalue weighted by molar-refractivity contribution is 0.461. The molecule has 0 saturated carbocycles. The van der Waals surface area contributed by atoms with E-state index in [1.54, 1.807) is 6.07 Å². The van der Waals surface area contributed by atoms with Crippen LogP contribution in [0.3, 0.4) is 0 Å². The third-order valence-electron chi connectivity index (χ3n) is 2.55. The molecule has 1 aromatic carbocycles. The van der Waals surface area contributed by atoms with Gasteiger partial charge in [0.05, 0.1) is 11.6 Å². The van der Waals surface area contributed by atoms with Crippen LogP contribution < -0.4 is 4.74 Å². The topological polar surface area (TPSA) is 22.1 Å². The van der Waals surface area contributed by atoms with E-state index in [0.29, 0.717) is 11.8 Å². The molecule has 0 N–H and O–H groups in total. The summed E-state index contributed by atoms with van der Waals surface area (Å²) in [7, 11) is 0. The van der Waals surface area contributed by atoms with Crippen molar-refractivity contribution in [2.75, 3.05) is 0 Å². The van der Waals surface area contributed by atoms with Crippen molar-refractivity contribution in [1.29, 1.82) is 0 Å². The Hall–Kier alpha value is -1.25. The Balaban J connectivity index is 2.28. The molecule has 0 atom stereocenters. The Morgan fingerprint density at radius 3 is 2.44 bits per heavy atom. The lowest BCUT2D eigenvalue weighted by Crippen LogP contribution is -1.92. The second-order valence-corrected chi connectivity index (χ2v) is 4.72. The van der Waals surface area contributed by atoms with Crippen LogP contribution in [-0.4, -0.2) is 4.98 Å². The van der Waals surface area contributed by atoms with E-state index in [-0.39, 0.29) is 0 Å². The molecule has 0 saturated heterocycles. The number of rotatable bonds is 3. The van der Waals surface area contributed by atoms with Crippen molar-refractivity contribution in [3.8, 4) is 11.6 Å². The molecule has 0 unspecified atom stereocenters. The third-order valence-corrected chi connectivity index (χ3v) is 3.42. The van der Waals surface area contributed by atoms with Crippen LogP contribution in [0.1, 0.15) is 16.8 Å². The van der Waals surface area contributed by atoms with E-state index in [1.807, 2.05) is 38.1 Å². The van der Waals surface area contributed by atoms with Gasteiger partial charge >= 0.3 is 0 Å². The zero-order chi connectivity index (χ0) is 13.1. The second-order valence-electron chi connectivity index (χ2n) is 4.07. The van der Waals surface area contributed by atoms with Gasteiger partial charge in [-0.1, -0.05) is 17.7 Å². The lowest BCUT2D eigenvalue weighted by Gasteiger charge is -2.09. The van der Waals surface area contributed by atoms with Crippen molar-refractivity contribution < 1.29 is 4.74 Å². The van der Waals surface area contributed by atoms with Crippen molar-refractivity contribution in [1.82, 2.24) is 4.98 Å². The summed E-state index contributed by atoms with van der Waals surface area (Å²) in [5.74, 6) is 1.64. The van der Waals surface area contributed by atoms with Gasteiger partial charge in [-0.3, -0.25) is 0 Å². The van der Waals surface area contributed by atoms with E-state index in [2.05, 4.69) is 4.98 Å². The first-order valence-electron chi connectivity index (χ1n) is 5.56. The molecule has 1 heterocycles. The zero-order valence-corrected chi connectivity index (χ0v) is 11.7. The predicted molar refractivity (Wildman–Crippen MR) is 74.8 cm³/mol. The SMILES string of the molecule is Cc1cc(Oc2cccc(CCl)n2)cc(C)c1Cl. The molecule has 0 bridgehead atoms. The maximum Gasteiger partial charge on any atom is 0.219 e. The van der Waals surface area contributed by atoms with Crippen LogP contribution in [0.5, 0.6) is 11.6 Å². The number of aromatic nitrogens is 1. The number of ether oxygens (including phenoxy) is 1. The van der Waals surface area contributed by atoms with E-state index < -0.39 is 0 Å². The summed E-state index contributed by atoms with van der Waals surface area (Å²) in [5.41, 5.74) is 2.76. The molecule has 0 amide bonds.